The van der Waals surface area contributed by atoms with Crippen LogP contribution in [-0.2, 0) is 11.3 Å². The van der Waals surface area contributed by atoms with E-state index in [0.29, 0.717) is 30.9 Å². The lowest BCUT2D eigenvalue weighted by atomic mass is 10.3. The highest BCUT2D eigenvalue weighted by atomic mass is 32.1. The van der Waals surface area contributed by atoms with Crippen LogP contribution in [0, 0.1) is 22.7 Å². The Bertz CT molecular complexity index is 553. The van der Waals surface area contributed by atoms with E-state index in [1.807, 2.05) is 12.1 Å². The lowest BCUT2D eigenvalue weighted by molar-refractivity contribution is -0.117. The first-order valence-electron chi connectivity index (χ1n) is 5.48. The zero-order chi connectivity index (χ0) is 13.1. The molecule has 1 aliphatic rings. The SMILES string of the molecule is N#CCCn1ncc(C#N)c1N1CC(S)CC1=O. The van der Waals surface area contributed by atoms with Gasteiger partial charge in [-0.2, -0.15) is 28.3 Å². The van der Waals surface area contributed by atoms with E-state index in [0.717, 1.165) is 0 Å². The Labute approximate surface area is 110 Å². The van der Waals surface area contributed by atoms with Crippen LogP contribution < -0.4 is 4.90 Å². The van der Waals surface area contributed by atoms with Crippen molar-refractivity contribution < 1.29 is 4.79 Å². The second kappa shape index (κ2) is 5.11. The fourth-order valence-electron chi connectivity index (χ4n) is 1.96. The third kappa shape index (κ3) is 2.18. The van der Waals surface area contributed by atoms with E-state index in [9.17, 15) is 4.79 Å². The Hall–Kier alpha value is -1.99. The summed E-state index contributed by atoms with van der Waals surface area (Å²) in [6.07, 6.45) is 2.06. The number of nitrogens with zero attached hydrogens (tertiary/aromatic N) is 5. The lowest BCUT2D eigenvalue weighted by Gasteiger charge is -2.17. The summed E-state index contributed by atoms with van der Waals surface area (Å²) in [7, 11) is 0. The molecule has 92 valence electrons. The molecule has 0 spiro atoms. The first-order valence-corrected chi connectivity index (χ1v) is 6.00. The minimum absolute atomic E-state index is 0.0247. The number of carbonyl (C=O) groups is 1. The van der Waals surface area contributed by atoms with Gasteiger partial charge < -0.3 is 0 Å². The van der Waals surface area contributed by atoms with Gasteiger partial charge in [-0.1, -0.05) is 0 Å². The maximum absolute atomic E-state index is 11.8. The smallest absolute Gasteiger partial charge is 0.229 e. The minimum atomic E-state index is -0.0646. The first kappa shape index (κ1) is 12.5. The Kier molecular flexibility index (Phi) is 3.54. The summed E-state index contributed by atoms with van der Waals surface area (Å²) >= 11 is 4.28. The van der Waals surface area contributed by atoms with Gasteiger partial charge in [0.25, 0.3) is 0 Å². The van der Waals surface area contributed by atoms with Gasteiger partial charge in [0.05, 0.1) is 25.2 Å². The van der Waals surface area contributed by atoms with E-state index in [1.165, 1.54) is 15.8 Å². The molecule has 1 aliphatic heterocycles. The van der Waals surface area contributed by atoms with E-state index >= 15 is 0 Å². The van der Waals surface area contributed by atoms with Gasteiger partial charge in [0.1, 0.15) is 11.6 Å². The van der Waals surface area contributed by atoms with E-state index in [4.69, 9.17) is 10.5 Å². The maximum Gasteiger partial charge on any atom is 0.229 e. The number of rotatable bonds is 3. The monoisotopic (exact) mass is 261 g/mol. The van der Waals surface area contributed by atoms with Gasteiger partial charge in [0, 0.05) is 18.2 Å². The second-order valence-electron chi connectivity index (χ2n) is 3.99. The topological polar surface area (TPSA) is 85.7 Å². The fourth-order valence-corrected chi connectivity index (χ4v) is 2.27. The summed E-state index contributed by atoms with van der Waals surface area (Å²) < 4.78 is 1.53. The molecule has 1 amide bonds. The number of amides is 1. The van der Waals surface area contributed by atoms with Gasteiger partial charge in [-0.25, -0.2) is 4.68 Å². The molecule has 0 radical (unpaired) electrons. The molecule has 1 atom stereocenters. The van der Waals surface area contributed by atoms with Crippen LogP contribution in [0.25, 0.3) is 0 Å². The van der Waals surface area contributed by atoms with Crippen LogP contribution in [-0.4, -0.2) is 27.5 Å². The van der Waals surface area contributed by atoms with Gasteiger partial charge in [0.15, 0.2) is 5.82 Å². The van der Waals surface area contributed by atoms with Gasteiger partial charge in [-0.15, -0.1) is 0 Å². The van der Waals surface area contributed by atoms with Gasteiger partial charge in [0.2, 0.25) is 5.91 Å². The molecule has 1 aromatic heterocycles. The van der Waals surface area contributed by atoms with Gasteiger partial charge in [-0.05, 0) is 0 Å². The number of anilines is 1. The number of hydrogen-bond donors (Lipinski definition) is 1. The second-order valence-corrected chi connectivity index (χ2v) is 4.72. The summed E-state index contributed by atoms with van der Waals surface area (Å²) in [6, 6.07) is 4.04. The zero-order valence-corrected chi connectivity index (χ0v) is 10.5. The van der Waals surface area contributed by atoms with Crippen molar-refractivity contribution in [3.8, 4) is 12.1 Å². The van der Waals surface area contributed by atoms with Crippen molar-refractivity contribution in [3.63, 3.8) is 0 Å². The molecule has 6 nitrogen and oxygen atoms in total. The Morgan fingerprint density at radius 3 is 2.89 bits per heavy atom. The Morgan fingerprint density at radius 2 is 2.33 bits per heavy atom. The third-order valence-corrected chi connectivity index (χ3v) is 3.07. The molecule has 7 heteroatoms. The predicted octanol–water partition coefficient (Wildman–Crippen LogP) is 0.704. The molecular weight excluding hydrogens is 250 g/mol. The largest absolute Gasteiger partial charge is 0.295 e. The van der Waals surface area contributed by atoms with E-state index < -0.39 is 0 Å². The quantitative estimate of drug-likeness (QED) is 0.812. The molecule has 0 aromatic carbocycles. The molecule has 0 aliphatic carbocycles. The molecule has 1 saturated heterocycles. The van der Waals surface area contributed by atoms with Crippen LogP contribution in [0.2, 0.25) is 0 Å². The molecule has 1 unspecified atom stereocenters. The molecule has 1 fully saturated rings. The summed E-state index contributed by atoms with van der Waals surface area (Å²) in [5, 5.41) is 21.7. The summed E-state index contributed by atoms with van der Waals surface area (Å²) in [5.74, 6) is 0.416. The van der Waals surface area contributed by atoms with Crippen LogP contribution in [0.1, 0.15) is 18.4 Å². The van der Waals surface area contributed by atoms with Crippen molar-refractivity contribution in [2.45, 2.75) is 24.6 Å². The first-order chi connectivity index (χ1) is 8.67. The highest BCUT2D eigenvalue weighted by molar-refractivity contribution is 7.81. The summed E-state index contributed by atoms with van der Waals surface area (Å²) in [4.78, 5) is 13.4. The van der Waals surface area contributed by atoms with Crippen molar-refractivity contribution in [2.24, 2.45) is 0 Å². The van der Waals surface area contributed by atoms with E-state index in [2.05, 4.69) is 17.7 Å². The third-order valence-electron chi connectivity index (χ3n) is 2.73. The van der Waals surface area contributed by atoms with Crippen LogP contribution in [0.3, 0.4) is 0 Å². The number of hydrogen-bond acceptors (Lipinski definition) is 5. The predicted molar refractivity (Wildman–Crippen MR) is 66.9 cm³/mol. The number of carbonyl (C=O) groups excluding carboxylic acids is 1. The minimum Gasteiger partial charge on any atom is -0.295 e. The van der Waals surface area contributed by atoms with E-state index in [1.54, 1.807) is 0 Å². The van der Waals surface area contributed by atoms with Crippen molar-refractivity contribution in [3.05, 3.63) is 11.8 Å². The molecule has 2 rings (SSSR count). The van der Waals surface area contributed by atoms with Crippen molar-refractivity contribution in [2.75, 3.05) is 11.4 Å². The number of nitriles is 2. The normalized spacial score (nSPS) is 18.7. The van der Waals surface area contributed by atoms with Gasteiger partial charge in [-0.3, -0.25) is 9.69 Å². The highest BCUT2D eigenvalue weighted by Gasteiger charge is 2.32. The van der Waals surface area contributed by atoms with Crippen LogP contribution in [0.15, 0.2) is 6.20 Å². The molecule has 0 bridgehead atoms. The average molecular weight is 261 g/mol. The van der Waals surface area contributed by atoms with E-state index in [-0.39, 0.29) is 17.6 Å². The Morgan fingerprint density at radius 1 is 1.56 bits per heavy atom. The van der Waals surface area contributed by atoms with Crippen molar-refractivity contribution in [1.29, 1.82) is 10.5 Å². The van der Waals surface area contributed by atoms with Crippen molar-refractivity contribution in [1.82, 2.24) is 9.78 Å². The molecule has 18 heavy (non-hydrogen) atoms. The fraction of sp³-hybridized carbons (Fsp3) is 0.455. The molecule has 0 N–H and O–H groups in total. The summed E-state index contributed by atoms with van der Waals surface area (Å²) in [5.41, 5.74) is 0.351. The van der Waals surface area contributed by atoms with Crippen LogP contribution in [0.5, 0.6) is 0 Å². The summed E-state index contributed by atoms with van der Waals surface area (Å²) in [6.45, 7) is 0.837. The number of aromatic nitrogens is 2. The molecular formula is C11H11N5OS. The molecule has 1 aromatic rings. The Balaban J connectivity index is 2.36. The highest BCUT2D eigenvalue weighted by Crippen LogP contribution is 2.27. The maximum atomic E-state index is 11.8. The zero-order valence-electron chi connectivity index (χ0n) is 9.57. The van der Waals surface area contributed by atoms with Crippen LogP contribution in [0.4, 0.5) is 5.82 Å². The molecule has 2 heterocycles. The van der Waals surface area contributed by atoms with Crippen LogP contribution >= 0.6 is 12.6 Å². The van der Waals surface area contributed by atoms with Crippen molar-refractivity contribution >= 4 is 24.4 Å². The number of aryl methyl sites for hydroxylation is 1. The molecule has 0 saturated carbocycles. The van der Waals surface area contributed by atoms with Gasteiger partial charge >= 0.3 is 0 Å². The lowest BCUT2D eigenvalue weighted by Crippen LogP contribution is -2.28. The number of thiol groups is 1. The standard InChI is InChI=1S/C11H11N5OS/c12-2-1-3-16-11(8(5-13)6-14-16)15-7-9(18)4-10(15)17/h6,9,18H,1,3-4,7H2. The average Bonchev–Trinajstić information content (AvgIpc) is 2.89.